The quantitative estimate of drug-likeness (QED) is 0.528. The Labute approximate surface area is 166 Å². The molecule has 3 rings (SSSR count). The van der Waals surface area contributed by atoms with Gasteiger partial charge in [0.25, 0.3) is 0 Å². The Hall–Kier alpha value is -2.56. The molecule has 28 heavy (non-hydrogen) atoms. The fourth-order valence-electron chi connectivity index (χ4n) is 3.32. The molecular weight excluding hydrogens is 354 g/mol. The van der Waals surface area contributed by atoms with Gasteiger partial charge in [0.05, 0.1) is 0 Å². The summed E-state index contributed by atoms with van der Waals surface area (Å²) in [6, 6.07) is 22.2. The van der Waals surface area contributed by atoms with Gasteiger partial charge >= 0.3 is 0 Å². The van der Waals surface area contributed by atoms with Crippen LogP contribution in [0.1, 0.15) is 22.3 Å². The van der Waals surface area contributed by atoms with Crippen molar-refractivity contribution in [3.8, 4) is 0 Å². The molecule has 3 aromatic carbocycles. The minimum atomic E-state index is -0.164. The molecule has 0 atom stereocenters. The standard InChI is InChI=1S/C24H26F2N2/c1-27(17-21-7-3-5-9-23(21)25)15-19-11-13-20(14-12-19)16-28(2)18-22-8-4-6-10-24(22)26/h3-14H,15-18H2,1-2H3. The third-order valence-electron chi connectivity index (χ3n) is 4.72. The molecule has 0 aliphatic rings. The number of halogens is 2. The minimum Gasteiger partial charge on any atom is -0.298 e. The first-order valence-corrected chi connectivity index (χ1v) is 9.43. The van der Waals surface area contributed by atoms with E-state index in [1.807, 2.05) is 38.4 Å². The second kappa shape index (κ2) is 9.58. The van der Waals surface area contributed by atoms with Gasteiger partial charge in [0, 0.05) is 37.3 Å². The molecule has 2 nitrogen and oxygen atoms in total. The van der Waals surface area contributed by atoms with Gasteiger partial charge < -0.3 is 0 Å². The van der Waals surface area contributed by atoms with Crippen molar-refractivity contribution in [1.82, 2.24) is 9.80 Å². The molecule has 0 heterocycles. The van der Waals surface area contributed by atoms with Gasteiger partial charge in [0.2, 0.25) is 0 Å². The molecular formula is C24H26F2N2. The highest BCUT2D eigenvalue weighted by atomic mass is 19.1. The van der Waals surface area contributed by atoms with Crippen LogP contribution in [-0.4, -0.2) is 23.9 Å². The van der Waals surface area contributed by atoms with Crippen LogP contribution >= 0.6 is 0 Å². The normalized spacial score (nSPS) is 11.4. The summed E-state index contributed by atoms with van der Waals surface area (Å²) in [7, 11) is 3.98. The Balaban J connectivity index is 1.53. The molecule has 0 N–H and O–H groups in total. The molecule has 3 aromatic rings. The SMILES string of the molecule is CN(Cc1ccc(CN(C)Cc2ccccc2F)cc1)Cc1ccccc1F. The van der Waals surface area contributed by atoms with Gasteiger partial charge in [-0.1, -0.05) is 60.7 Å². The first kappa shape index (κ1) is 20.2. The van der Waals surface area contributed by atoms with Gasteiger partial charge in [-0.2, -0.15) is 0 Å². The lowest BCUT2D eigenvalue weighted by Crippen LogP contribution is -2.19. The molecule has 146 valence electrons. The van der Waals surface area contributed by atoms with Crippen LogP contribution < -0.4 is 0 Å². The monoisotopic (exact) mass is 380 g/mol. The summed E-state index contributed by atoms with van der Waals surface area (Å²) in [6.07, 6.45) is 0. The highest BCUT2D eigenvalue weighted by Crippen LogP contribution is 2.14. The molecule has 0 fully saturated rings. The van der Waals surface area contributed by atoms with Gasteiger partial charge in [0.1, 0.15) is 11.6 Å². The number of rotatable bonds is 8. The van der Waals surface area contributed by atoms with E-state index in [-0.39, 0.29) is 11.6 Å². The molecule has 4 heteroatoms. The lowest BCUT2D eigenvalue weighted by Gasteiger charge is -2.19. The summed E-state index contributed by atoms with van der Waals surface area (Å²) in [4.78, 5) is 4.19. The Kier molecular flexibility index (Phi) is 6.90. The second-order valence-corrected chi connectivity index (χ2v) is 7.34. The number of benzene rings is 3. The highest BCUT2D eigenvalue weighted by Gasteiger charge is 2.08. The van der Waals surface area contributed by atoms with E-state index in [9.17, 15) is 8.78 Å². The van der Waals surface area contributed by atoms with E-state index in [2.05, 4.69) is 34.1 Å². The third kappa shape index (κ3) is 5.72. The molecule has 0 aromatic heterocycles. The van der Waals surface area contributed by atoms with Crippen LogP contribution in [-0.2, 0) is 26.2 Å². The van der Waals surface area contributed by atoms with Gasteiger partial charge in [0.15, 0.2) is 0 Å². The van der Waals surface area contributed by atoms with Crippen LogP contribution in [0.3, 0.4) is 0 Å². The van der Waals surface area contributed by atoms with E-state index in [1.54, 1.807) is 12.1 Å². The van der Waals surface area contributed by atoms with Crippen molar-refractivity contribution in [1.29, 1.82) is 0 Å². The highest BCUT2D eigenvalue weighted by molar-refractivity contribution is 5.23. The van der Waals surface area contributed by atoms with Crippen molar-refractivity contribution in [2.45, 2.75) is 26.2 Å². The van der Waals surface area contributed by atoms with Crippen molar-refractivity contribution in [3.05, 3.63) is 107 Å². The van der Waals surface area contributed by atoms with Gasteiger partial charge in [-0.3, -0.25) is 9.80 Å². The maximum atomic E-state index is 13.8. The van der Waals surface area contributed by atoms with Crippen molar-refractivity contribution in [3.63, 3.8) is 0 Å². The summed E-state index contributed by atoms with van der Waals surface area (Å²) in [5, 5.41) is 0. The van der Waals surface area contributed by atoms with E-state index < -0.39 is 0 Å². The summed E-state index contributed by atoms with van der Waals surface area (Å²) >= 11 is 0. The Bertz CT molecular complexity index is 819. The van der Waals surface area contributed by atoms with Crippen molar-refractivity contribution in [2.24, 2.45) is 0 Å². The van der Waals surface area contributed by atoms with Crippen LogP contribution in [0.4, 0.5) is 8.78 Å². The van der Waals surface area contributed by atoms with Crippen LogP contribution in [0, 0.1) is 11.6 Å². The zero-order chi connectivity index (χ0) is 19.9. The minimum absolute atomic E-state index is 0.164. The van der Waals surface area contributed by atoms with Gasteiger partial charge in [-0.15, -0.1) is 0 Å². The molecule has 0 bridgehead atoms. The summed E-state index contributed by atoms with van der Waals surface area (Å²) in [6.45, 7) is 2.64. The fraction of sp³-hybridized carbons (Fsp3) is 0.250. The van der Waals surface area contributed by atoms with E-state index in [0.717, 1.165) is 13.1 Å². The maximum Gasteiger partial charge on any atom is 0.127 e. The van der Waals surface area contributed by atoms with Crippen LogP contribution in [0.2, 0.25) is 0 Å². The number of hydrogen-bond donors (Lipinski definition) is 0. The maximum absolute atomic E-state index is 13.8. The smallest absolute Gasteiger partial charge is 0.127 e. The molecule has 0 saturated heterocycles. The molecule has 0 radical (unpaired) electrons. The number of nitrogens with zero attached hydrogens (tertiary/aromatic N) is 2. The van der Waals surface area contributed by atoms with Crippen LogP contribution in [0.25, 0.3) is 0 Å². The van der Waals surface area contributed by atoms with E-state index in [4.69, 9.17) is 0 Å². The Morgan fingerprint density at radius 3 is 1.25 bits per heavy atom. The van der Waals surface area contributed by atoms with Crippen LogP contribution in [0.5, 0.6) is 0 Å². The average molecular weight is 380 g/mol. The summed E-state index contributed by atoms with van der Waals surface area (Å²) in [5.74, 6) is -0.329. The molecule has 0 saturated carbocycles. The van der Waals surface area contributed by atoms with Crippen molar-refractivity contribution < 1.29 is 8.78 Å². The van der Waals surface area contributed by atoms with Crippen molar-refractivity contribution >= 4 is 0 Å². The van der Waals surface area contributed by atoms with Crippen molar-refractivity contribution in [2.75, 3.05) is 14.1 Å². The summed E-state index contributed by atoms with van der Waals surface area (Å²) in [5.41, 5.74) is 3.77. The Morgan fingerprint density at radius 1 is 0.536 bits per heavy atom. The summed E-state index contributed by atoms with van der Waals surface area (Å²) < 4.78 is 27.6. The zero-order valence-corrected chi connectivity index (χ0v) is 16.4. The predicted molar refractivity (Wildman–Crippen MR) is 110 cm³/mol. The van der Waals surface area contributed by atoms with Crippen LogP contribution in [0.15, 0.2) is 72.8 Å². The molecule has 0 aliphatic heterocycles. The first-order chi connectivity index (χ1) is 13.5. The van der Waals surface area contributed by atoms with Gasteiger partial charge in [-0.25, -0.2) is 8.78 Å². The Morgan fingerprint density at radius 2 is 0.893 bits per heavy atom. The lowest BCUT2D eigenvalue weighted by molar-refractivity contribution is 0.311. The van der Waals surface area contributed by atoms with E-state index in [1.165, 1.54) is 23.3 Å². The average Bonchev–Trinajstić information content (AvgIpc) is 2.67. The van der Waals surface area contributed by atoms with Gasteiger partial charge in [-0.05, 0) is 37.4 Å². The molecule has 0 amide bonds. The zero-order valence-electron chi connectivity index (χ0n) is 16.4. The van der Waals surface area contributed by atoms with E-state index in [0.29, 0.717) is 24.2 Å². The molecule has 0 unspecified atom stereocenters. The van der Waals surface area contributed by atoms with E-state index >= 15 is 0 Å². The lowest BCUT2D eigenvalue weighted by atomic mass is 10.1. The number of hydrogen-bond acceptors (Lipinski definition) is 2. The largest absolute Gasteiger partial charge is 0.298 e. The molecule has 0 aliphatic carbocycles. The topological polar surface area (TPSA) is 6.48 Å². The molecule has 0 spiro atoms. The third-order valence-corrected chi connectivity index (χ3v) is 4.72. The second-order valence-electron chi connectivity index (χ2n) is 7.34. The fourth-order valence-corrected chi connectivity index (χ4v) is 3.32. The predicted octanol–water partition coefficient (Wildman–Crippen LogP) is 5.23. The first-order valence-electron chi connectivity index (χ1n) is 9.43.